The van der Waals surface area contributed by atoms with Crippen molar-refractivity contribution in [3.05, 3.63) is 22.4 Å². The van der Waals surface area contributed by atoms with Gasteiger partial charge in [-0.25, -0.2) is 0 Å². The van der Waals surface area contributed by atoms with E-state index in [1.807, 2.05) is 0 Å². The maximum Gasteiger partial charge on any atom is 0.0695 e. The van der Waals surface area contributed by atoms with Gasteiger partial charge in [0.2, 0.25) is 0 Å². The van der Waals surface area contributed by atoms with Crippen LogP contribution in [-0.2, 0) is 0 Å². The van der Waals surface area contributed by atoms with Gasteiger partial charge in [-0.3, -0.25) is 4.90 Å². The van der Waals surface area contributed by atoms with Gasteiger partial charge in [0.25, 0.3) is 0 Å². The summed E-state index contributed by atoms with van der Waals surface area (Å²) >= 11 is 1.77. The number of piperidine rings is 1. The Bertz CT molecular complexity index is 414. The predicted molar refractivity (Wildman–Crippen MR) is 88.7 cm³/mol. The summed E-state index contributed by atoms with van der Waals surface area (Å²) in [5, 5.41) is 18.4. The first-order valence-corrected chi connectivity index (χ1v) is 9.38. The molecule has 1 aliphatic carbocycles. The van der Waals surface area contributed by atoms with Gasteiger partial charge in [0.1, 0.15) is 0 Å². The second-order valence-corrected chi connectivity index (χ2v) is 7.45. The molecule has 0 spiro atoms. The van der Waals surface area contributed by atoms with Crippen LogP contribution in [0.15, 0.2) is 16.8 Å². The van der Waals surface area contributed by atoms with Gasteiger partial charge in [-0.05, 0) is 55.0 Å². The number of likely N-dealkylation sites (tertiary alicyclic amines) is 1. The molecule has 2 N–H and O–H groups in total. The zero-order valence-electron chi connectivity index (χ0n) is 13.0. The quantitative estimate of drug-likeness (QED) is 0.897. The molecule has 1 saturated heterocycles. The molecule has 3 rings (SSSR count). The van der Waals surface area contributed by atoms with Gasteiger partial charge in [-0.2, -0.15) is 11.3 Å². The van der Waals surface area contributed by atoms with Crippen LogP contribution in [-0.4, -0.2) is 41.3 Å². The van der Waals surface area contributed by atoms with Crippen molar-refractivity contribution in [3.63, 3.8) is 0 Å². The standard InChI is InChI=1S/C17H28N2OS/c1-13(14-8-11-21-12-14)18-15-6-9-19(10-7-15)16-4-2-3-5-17(16)20/h8,11-13,15-18,20H,2-7,9-10H2,1H3/t13-,16+,17+/m0/s1. The average molecular weight is 308 g/mol. The molecule has 2 heterocycles. The Kier molecular flexibility index (Phi) is 5.33. The number of thiophene rings is 1. The summed E-state index contributed by atoms with van der Waals surface area (Å²) in [5.74, 6) is 0. The fourth-order valence-electron chi connectivity index (χ4n) is 3.89. The van der Waals surface area contributed by atoms with Gasteiger partial charge in [-0.15, -0.1) is 0 Å². The minimum Gasteiger partial charge on any atom is -0.391 e. The van der Waals surface area contributed by atoms with Crippen LogP contribution in [0.2, 0.25) is 0 Å². The summed E-state index contributed by atoms with van der Waals surface area (Å²) in [6, 6.07) is 3.72. The first-order valence-electron chi connectivity index (χ1n) is 8.44. The summed E-state index contributed by atoms with van der Waals surface area (Å²) in [7, 11) is 0. The van der Waals surface area contributed by atoms with E-state index in [4.69, 9.17) is 0 Å². The lowest BCUT2D eigenvalue weighted by molar-refractivity contribution is 0.00671. The van der Waals surface area contributed by atoms with E-state index in [9.17, 15) is 5.11 Å². The molecule has 21 heavy (non-hydrogen) atoms. The second-order valence-electron chi connectivity index (χ2n) is 6.67. The van der Waals surface area contributed by atoms with Crippen molar-refractivity contribution in [2.45, 2.75) is 69.7 Å². The molecule has 1 aromatic rings. The third-order valence-electron chi connectivity index (χ3n) is 5.22. The van der Waals surface area contributed by atoms with E-state index in [0.717, 1.165) is 19.5 Å². The zero-order valence-corrected chi connectivity index (χ0v) is 13.8. The topological polar surface area (TPSA) is 35.5 Å². The number of nitrogens with one attached hydrogen (secondary N) is 1. The van der Waals surface area contributed by atoms with Crippen LogP contribution in [0, 0.1) is 0 Å². The van der Waals surface area contributed by atoms with Crippen LogP contribution >= 0.6 is 11.3 Å². The Morgan fingerprint density at radius 1 is 1.24 bits per heavy atom. The Morgan fingerprint density at radius 3 is 2.67 bits per heavy atom. The second kappa shape index (κ2) is 7.23. The van der Waals surface area contributed by atoms with E-state index in [1.165, 1.54) is 37.7 Å². The summed E-state index contributed by atoms with van der Waals surface area (Å²) in [6.07, 6.45) is 6.99. The van der Waals surface area contributed by atoms with E-state index in [-0.39, 0.29) is 6.10 Å². The van der Waals surface area contributed by atoms with E-state index in [0.29, 0.717) is 18.1 Å². The Labute approximate surface area is 132 Å². The van der Waals surface area contributed by atoms with Crippen molar-refractivity contribution < 1.29 is 5.11 Å². The normalized spacial score (nSPS) is 30.4. The largest absolute Gasteiger partial charge is 0.391 e. The molecular weight excluding hydrogens is 280 g/mol. The number of aliphatic hydroxyl groups excluding tert-OH is 1. The molecule has 1 saturated carbocycles. The monoisotopic (exact) mass is 308 g/mol. The van der Waals surface area contributed by atoms with Crippen LogP contribution in [0.3, 0.4) is 0 Å². The van der Waals surface area contributed by atoms with E-state index < -0.39 is 0 Å². The summed E-state index contributed by atoms with van der Waals surface area (Å²) in [5.41, 5.74) is 1.41. The fraction of sp³-hybridized carbons (Fsp3) is 0.765. The molecule has 3 atom stereocenters. The predicted octanol–water partition coefficient (Wildman–Crippen LogP) is 3.17. The molecule has 118 valence electrons. The van der Waals surface area contributed by atoms with Crippen molar-refractivity contribution >= 4 is 11.3 Å². The van der Waals surface area contributed by atoms with Crippen molar-refractivity contribution in [1.82, 2.24) is 10.2 Å². The smallest absolute Gasteiger partial charge is 0.0695 e. The minimum atomic E-state index is -0.0898. The van der Waals surface area contributed by atoms with Gasteiger partial charge >= 0.3 is 0 Å². The highest BCUT2D eigenvalue weighted by molar-refractivity contribution is 7.07. The molecule has 1 aromatic heterocycles. The van der Waals surface area contributed by atoms with Crippen molar-refractivity contribution in [2.24, 2.45) is 0 Å². The molecule has 0 amide bonds. The van der Waals surface area contributed by atoms with Gasteiger partial charge in [0.05, 0.1) is 6.10 Å². The van der Waals surface area contributed by atoms with Crippen molar-refractivity contribution in [1.29, 1.82) is 0 Å². The highest BCUT2D eigenvalue weighted by Crippen LogP contribution is 2.26. The number of aliphatic hydroxyl groups is 1. The minimum absolute atomic E-state index is 0.0898. The Morgan fingerprint density at radius 2 is 2.00 bits per heavy atom. The molecule has 0 unspecified atom stereocenters. The summed E-state index contributed by atoms with van der Waals surface area (Å²) in [6.45, 7) is 4.53. The highest BCUT2D eigenvalue weighted by Gasteiger charge is 2.31. The van der Waals surface area contributed by atoms with E-state index in [1.54, 1.807) is 11.3 Å². The third kappa shape index (κ3) is 3.86. The van der Waals surface area contributed by atoms with Crippen LogP contribution in [0.1, 0.15) is 57.1 Å². The molecule has 4 heteroatoms. The fourth-order valence-corrected chi connectivity index (χ4v) is 4.64. The molecule has 1 aliphatic heterocycles. The van der Waals surface area contributed by atoms with Crippen LogP contribution in [0.25, 0.3) is 0 Å². The molecule has 0 aromatic carbocycles. The van der Waals surface area contributed by atoms with E-state index in [2.05, 4.69) is 34.0 Å². The Balaban J connectivity index is 1.46. The lowest BCUT2D eigenvalue weighted by Crippen LogP contribution is -2.51. The number of rotatable bonds is 4. The maximum atomic E-state index is 10.2. The van der Waals surface area contributed by atoms with Gasteiger partial charge in [-0.1, -0.05) is 12.8 Å². The number of hydrogen-bond acceptors (Lipinski definition) is 4. The number of nitrogens with zero attached hydrogens (tertiary/aromatic N) is 1. The molecular formula is C17H28N2OS. The van der Waals surface area contributed by atoms with Crippen LogP contribution in [0.4, 0.5) is 0 Å². The maximum absolute atomic E-state index is 10.2. The molecule has 0 radical (unpaired) electrons. The average Bonchev–Trinajstić information content (AvgIpc) is 3.03. The van der Waals surface area contributed by atoms with Crippen LogP contribution in [0.5, 0.6) is 0 Å². The highest BCUT2D eigenvalue weighted by atomic mass is 32.1. The first kappa shape index (κ1) is 15.5. The van der Waals surface area contributed by atoms with Gasteiger partial charge < -0.3 is 10.4 Å². The SMILES string of the molecule is C[C@H](NC1CCN([C@@H]2CCCC[C@H]2O)CC1)c1ccsc1. The first-order chi connectivity index (χ1) is 10.2. The van der Waals surface area contributed by atoms with Gasteiger partial charge in [0, 0.05) is 31.2 Å². The lowest BCUT2D eigenvalue weighted by atomic mass is 9.89. The number of hydrogen-bond donors (Lipinski definition) is 2. The van der Waals surface area contributed by atoms with Crippen LogP contribution < -0.4 is 5.32 Å². The third-order valence-corrected chi connectivity index (χ3v) is 5.92. The lowest BCUT2D eigenvalue weighted by Gasteiger charge is -2.42. The van der Waals surface area contributed by atoms with E-state index >= 15 is 0 Å². The molecule has 2 aliphatic rings. The summed E-state index contributed by atoms with van der Waals surface area (Å²) < 4.78 is 0. The molecule has 0 bridgehead atoms. The summed E-state index contributed by atoms with van der Waals surface area (Å²) in [4.78, 5) is 2.54. The van der Waals surface area contributed by atoms with Gasteiger partial charge in [0.15, 0.2) is 0 Å². The zero-order chi connectivity index (χ0) is 14.7. The van der Waals surface area contributed by atoms with Crippen molar-refractivity contribution in [2.75, 3.05) is 13.1 Å². The Hall–Kier alpha value is -0.420. The molecule has 2 fully saturated rings. The van der Waals surface area contributed by atoms with Crippen molar-refractivity contribution in [3.8, 4) is 0 Å². The molecule has 3 nitrogen and oxygen atoms in total.